The Morgan fingerprint density at radius 1 is 1.08 bits per heavy atom. The fraction of sp³-hybridized carbons (Fsp3) is 0.263. The summed E-state index contributed by atoms with van der Waals surface area (Å²) >= 11 is 0. The molecule has 6 heteroatoms. The van der Waals surface area contributed by atoms with E-state index in [4.69, 9.17) is 0 Å². The smallest absolute Gasteiger partial charge is 0.339 e. The van der Waals surface area contributed by atoms with Crippen LogP contribution in [0.4, 0.5) is 17.6 Å². The summed E-state index contributed by atoms with van der Waals surface area (Å²) in [4.78, 5) is 0. The van der Waals surface area contributed by atoms with Crippen molar-refractivity contribution >= 4 is 10.9 Å². The number of aromatic nitrogens is 1. The number of hydrogen-bond donors (Lipinski definition) is 1. The standard InChI is InChI=1S/C19H16F4N2/c1-11-14-3-2-4-15(12-5-7-13(8-6-12)19(21,22)23)17(14)25-10-9-24-18(20)16(11)25/h2-8,18,24H,9-10H2,1H3. The van der Waals surface area contributed by atoms with Crippen molar-refractivity contribution in [3.8, 4) is 11.1 Å². The number of nitrogens with zero attached hydrogens (tertiary/aromatic N) is 1. The second-order valence-electron chi connectivity index (χ2n) is 6.26. The molecule has 0 aliphatic carbocycles. The quantitative estimate of drug-likeness (QED) is 0.472. The van der Waals surface area contributed by atoms with Gasteiger partial charge in [-0.2, -0.15) is 13.2 Å². The lowest BCUT2D eigenvalue weighted by molar-refractivity contribution is -0.137. The molecule has 1 aliphatic rings. The fourth-order valence-electron chi connectivity index (χ4n) is 3.63. The zero-order chi connectivity index (χ0) is 17.8. The number of nitrogens with one attached hydrogen (secondary N) is 1. The number of para-hydroxylation sites is 1. The van der Waals surface area contributed by atoms with Crippen LogP contribution in [-0.2, 0) is 12.7 Å². The highest BCUT2D eigenvalue weighted by atomic mass is 19.4. The van der Waals surface area contributed by atoms with Gasteiger partial charge in [0.1, 0.15) is 0 Å². The molecule has 1 unspecified atom stereocenters. The lowest BCUT2D eigenvalue weighted by Gasteiger charge is -2.22. The molecule has 0 radical (unpaired) electrons. The van der Waals surface area contributed by atoms with Crippen LogP contribution in [0.5, 0.6) is 0 Å². The SMILES string of the molecule is Cc1c2n(c3c(-c4ccc(C(F)(F)F)cc4)cccc13)CCNC2F. The number of aryl methyl sites for hydroxylation is 1. The molecule has 0 amide bonds. The topological polar surface area (TPSA) is 17.0 Å². The largest absolute Gasteiger partial charge is 0.416 e. The van der Waals surface area contributed by atoms with E-state index in [9.17, 15) is 17.6 Å². The number of rotatable bonds is 1. The molecule has 1 aliphatic heterocycles. The highest BCUT2D eigenvalue weighted by molar-refractivity contribution is 5.97. The fourth-order valence-corrected chi connectivity index (χ4v) is 3.63. The third kappa shape index (κ3) is 2.52. The van der Waals surface area contributed by atoms with Gasteiger partial charge in [0.05, 0.1) is 16.8 Å². The van der Waals surface area contributed by atoms with Gasteiger partial charge in [0, 0.05) is 24.0 Å². The maximum absolute atomic E-state index is 14.3. The van der Waals surface area contributed by atoms with Gasteiger partial charge in [0.15, 0.2) is 6.30 Å². The van der Waals surface area contributed by atoms with Gasteiger partial charge in [0.2, 0.25) is 0 Å². The lowest BCUT2D eigenvalue weighted by Crippen LogP contribution is -2.31. The first-order valence-corrected chi connectivity index (χ1v) is 8.04. The second kappa shape index (κ2) is 5.59. The minimum atomic E-state index is -4.36. The first-order chi connectivity index (χ1) is 11.9. The summed E-state index contributed by atoms with van der Waals surface area (Å²) in [6, 6.07) is 10.8. The zero-order valence-corrected chi connectivity index (χ0v) is 13.5. The van der Waals surface area contributed by atoms with Gasteiger partial charge in [-0.05, 0) is 30.2 Å². The van der Waals surface area contributed by atoms with Crippen molar-refractivity contribution in [3.05, 3.63) is 59.3 Å². The van der Waals surface area contributed by atoms with E-state index >= 15 is 0 Å². The molecule has 0 fully saturated rings. The van der Waals surface area contributed by atoms with Crippen LogP contribution in [0, 0.1) is 6.92 Å². The molecule has 130 valence electrons. The van der Waals surface area contributed by atoms with Gasteiger partial charge < -0.3 is 4.57 Å². The van der Waals surface area contributed by atoms with Crippen LogP contribution < -0.4 is 5.32 Å². The average molecular weight is 348 g/mol. The van der Waals surface area contributed by atoms with Crippen molar-refractivity contribution in [1.82, 2.24) is 9.88 Å². The van der Waals surface area contributed by atoms with E-state index in [-0.39, 0.29) is 0 Å². The molecule has 2 nitrogen and oxygen atoms in total. The summed E-state index contributed by atoms with van der Waals surface area (Å²) in [5.41, 5.74) is 3.16. The Morgan fingerprint density at radius 3 is 2.48 bits per heavy atom. The van der Waals surface area contributed by atoms with E-state index < -0.39 is 18.0 Å². The van der Waals surface area contributed by atoms with Gasteiger partial charge in [-0.1, -0.05) is 30.3 Å². The van der Waals surface area contributed by atoms with E-state index in [0.29, 0.717) is 24.3 Å². The maximum atomic E-state index is 14.3. The monoisotopic (exact) mass is 348 g/mol. The Kier molecular flexibility index (Phi) is 3.61. The first-order valence-electron chi connectivity index (χ1n) is 8.04. The van der Waals surface area contributed by atoms with Crippen LogP contribution in [0.25, 0.3) is 22.0 Å². The Hall–Kier alpha value is -2.34. The number of alkyl halides is 4. The van der Waals surface area contributed by atoms with Crippen molar-refractivity contribution in [2.45, 2.75) is 25.9 Å². The lowest BCUT2D eigenvalue weighted by atomic mass is 10.0. The minimum absolute atomic E-state index is 0.513. The Balaban J connectivity index is 1.93. The van der Waals surface area contributed by atoms with Crippen LogP contribution in [-0.4, -0.2) is 11.1 Å². The van der Waals surface area contributed by atoms with E-state index in [1.165, 1.54) is 12.1 Å². The van der Waals surface area contributed by atoms with Crippen LogP contribution in [0.1, 0.15) is 23.1 Å². The Labute approximate surface area is 142 Å². The Bertz CT molecular complexity index is 939. The average Bonchev–Trinajstić information content (AvgIpc) is 2.89. The predicted molar refractivity (Wildman–Crippen MR) is 89.0 cm³/mol. The molecular formula is C19H16F4N2. The second-order valence-corrected chi connectivity index (χ2v) is 6.26. The van der Waals surface area contributed by atoms with E-state index in [1.54, 1.807) is 0 Å². The molecule has 0 saturated heterocycles. The highest BCUT2D eigenvalue weighted by Gasteiger charge is 2.30. The van der Waals surface area contributed by atoms with Gasteiger partial charge in [0.25, 0.3) is 0 Å². The van der Waals surface area contributed by atoms with Gasteiger partial charge >= 0.3 is 6.18 Å². The molecule has 1 atom stereocenters. The van der Waals surface area contributed by atoms with Gasteiger partial charge in [-0.3, -0.25) is 5.32 Å². The molecule has 0 saturated carbocycles. The highest BCUT2D eigenvalue weighted by Crippen LogP contribution is 2.38. The number of hydrogen-bond acceptors (Lipinski definition) is 1. The third-order valence-corrected chi connectivity index (χ3v) is 4.81. The Morgan fingerprint density at radius 2 is 1.80 bits per heavy atom. The van der Waals surface area contributed by atoms with Gasteiger partial charge in [-0.25, -0.2) is 4.39 Å². The molecule has 0 bridgehead atoms. The molecule has 3 aromatic rings. The molecule has 2 heterocycles. The van der Waals surface area contributed by atoms with Gasteiger partial charge in [-0.15, -0.1) is 0 Å². The molecule has 25 heavy (non-hydrogen) atoms. The third-order valence-electron chi connectivity index (χ3n) is 4.81. The summed E-state index contributed by atoms with van der Waals surface area (Å²) in [6.45, 7) is 3.01. The molecule has 1 N–H and O–H groups in total. The first kappa shape index (κ1) is 16.1. The molecule has 4 rings (SSSR count). The van der Waals surface area contributed by atoms with Crippen LogP contribution in [0.2, 0.25) is 0 Å². The summed E-state index contributed by atoms with van der Waals surface area (Å²) in [5, 5.41) is 3.74. The van der Waals surface area contributed by atoms with Crippen LogP contribution in [0.3, 0.4) is 0 Å². The molecule has 2 aromatic carbocycles. The number of fused-ring (bicyclic) bond motifs is 3. The van der Waals surface area contributed by atoms with Crippen LogP contribution in [0.15, 0.2) is 42.5 Å². The number of halogens is 4. The minimum Gasteiger partial charge on any atom is -0.339 e. The van der Waals surface area contributed by atoms with Crippen molar-refractivity contribution in [2.24, 2.45) is 0 Å². The summed E-state index contributed by atoms with van der Waals surface area (Å²) in [6.07, 6.45) is -5.59. The van der Waals surface area contributed by atoms with Crippen molar-refractivity contribution in [2.75, 3.05) is 6.54 Å². The van der Waals surface area contributed by atoms with Crippen LogP contribution >= 0.6 is 0 Å². The molecular weight excluding hydrogens is 332 g/mol. The summed E-state index contributed by atoms with van der Waals surface area (Å²) < 4.78 is 54.7. The summed E-state index contributed by atoms with van der Waals surface area (Å²) in [5.74, 6) is 0. The zero-order valence-electron chi connectivity index (χ0n) is 13.5. The molecule has 1 aromatic heterocycles. The van der Waals surface area contributed by atoms with Crippen molar-refractivity contribution < 1.29 is 17.6 Å². The van der Waals surface area contributed by atoms with E-state index in [0.717, 1.165) is 34.2 Å². The predicted octanol–water partition coefficient (Wildman–Crippen LogP) is 5.21. The summed E-state index contributed by atoms with van der Waals surface area (Å²) in [7, 11) is 0. The van der Waals surface area contributed by atoms with E-state index in [1.807, 2.05) is 29.7 Å². The van der Waals surface area contributed by atoms with Crippen molar-refractivity contribution in [3.63, 3.8) is 0 Å². The van der Waals surface area contributed by atoms with E-state index in [2.05, 4.69) is 5.32 Å². The number of benzene rings is 2. The molecule has 0 spiro atoms. The maximum Gasteiger partial charge on any atom is 0.416 e. The van der Waals surface area contributed by atoms with Crippen molar-refractivity contribution in [1.29, 1.82) is 0 Å². The normalized spacial score (nSPS) is 17.7.